The first-order chi connectivity index (χ1) is 4.72. The summed E-state index contributed by atoms with van der Waals surface area (Å²) in [5, 5.41) is 9.96. The van der Waals surface area contributed by atoms with Crippen LogP contribution in [0.25, 0.3) is 0 Å². The highest BCUT2D eigenvalue weighted by Gasteiger charge is 2.11. The molecule has 1 N–H and O–H groups in total. The van der Waals surface area contributed by atoms with Crippen LogP contribution in [0.3, 0.4) is 0 Å². The summed E-state index contributed by atoms with van der Waals surface area (Å²) in [6, 6.07) is 1.64. The van der Waals surface area contributed by atoms with E-state index in [-0.39, 0.29) is 6.54 Å². The molecule has 0 aliphatic heterocycles. The second-order valence-corrected chi connectivity index (χ2v) is 1.33. The molecule has 0 heterocycles. The predicted molar refractivity (Wildman–Crippen MR) is 30.6 cm³/mol. The number of methoxy groups -OCH3 is 1. The highest BCUT2D eigenvalue weighted by Crippen LogP contribution is 1.71. The average Bonchev–Trinajstić information content (AvgIpc) is 1.98. The number of hydrogen-bond acceptors (Lipinski definition) is 4. The molecule has 0 aromatic rings. The summed E-state index contributed by atoms with van der Waals surface area (Å²) in [5.41, 5.74) is 0. The molecule has 0 spiro atoms. The van der Waals surface area contributed by atoms with Gasteiger partial charge in [0, 0.05) is 0 Å². The fourth-order valence-corrected chi connectivity index (χ4v) is 0.285. The number of ether oxygens (including phenoxy) is 1. The number of nitriles is 1. The van der Waals surface area contributed by atoms with Crippen molar-refractivity contribution in [2.75, 3.05) is 13.7 Å². The molecule has 0 unspecified atom stereocenters. The van der Waals surface area contributed by atoms with E-state index in [1.54, 1.807) is 6.07 Å². The maximum absolute atomic E-state index is 10.4. The third-order valence-corrected chi connectivity index (χ3v) is 0.699. The second-order valence-electron chi connectivity index (χ2n) is 1.33. The van der Waals surface area contributed by atoms with Crippen LogP contribution in [0.15, 0.2) is 0 Å². The SMILES string of the molecule is COC(=O)C(=O)NCC#N. The van der Waals surface area contributed by atoms with Gasteiger partial charge >= 0.3 is 11.9 Å². The fraction of sp³-hybridized carbons (Fsp3) is 0.400. The Morgan fingerprint density at radius 2 is 2.30 bits per heavy atom. The van der Waals surface area contributed by atoms with Crippen LogP contribution in [0.1, 0.15) is 0 Å². The molecule has 0 saturated carbocycles. The van der Waals surface area contributed by atoms with Crippen molar-refractivity contribution in [3.05, 3.63) is 0 Å². The monoisotopic (exact) mass is 142 g/mol. The van der Waals surface area contributed by atoms with E-state index in [0.29, 0.717) is 0 Å². The molecule has 0 saturated heterocycles. The number of nitrogens with zero attached hydrogens (tertiary/aromatic N) is 1. The van der Waals surface area contributed by atoms with E-state index in [0.717, 1.165) is 7.11 Å². The molecule has 0 aromatic heterocycles. The topological polar surface area (TPSA) is 79.2 Å². The van der Waals surface area contributed by atoms with Crippen molar-refractivity contribution < 1.29 is 14.3 Å². The van der Waals surface area contributed by atoms with Gasteiger partial charge in [-0.15, -0.1) is 0 Å². The van der Waals surface area contributed by atoms with E-state index in [1.807, 2.05) is 5.32 Å². The van der Waals surface area contributed by atoms with E-state index in [2.05, 4.69) is 4.74 Å². The molecule has 54 valence electrons. The lowest BCUT2D eigenvalue weighted by Gasteiger charge is -1.95. The van der Waals surface area contributed by atoms with Gasteiger partial charge in [-0.1, -0.05) is 0 Å². The first-order valence-corrected chi connectivity index (χ1v) is 2.45. The summed E-state index contributed by atoms with van der Waals surface area (Å²) in [5.74, 6) is -1.89. The van der Waals surface area contributed by atoms with Crippen LogP contribution >= 0.6 is 0 Å². The van der Waals surface area contributed by atoms with Crippen molar-refractivity contribution in [2.24, 2.45) is 0 Å². The van der Waals surface area contributed by atoms with E-state index >= 15 is 0 Å². The zero-order valence-corrected chi connectivity index (χ0v) is 5.38. The van der Waals surface area contributed by atoms with Gasteiger partial charge in [-0.2, -0.15) is 5.26 Å². The van der Waals surface area contributed by atoms with Gasteiger partial charge in [0.25, 0.3) is 0 Å². The smallest absolute Gasteiger partial charge is 0.396 e. The van der Waals surface area contributed by atoms with Crippen LogP contribution in [0.5, 0.6) is 0 Å². The van der Waals surface area contributed by atoms with E-state index in [4.69, 9.17) is 5.26 Å². The minimum atomic E-state index is -0.991. The van der Waals surface area contributed by atoms with Gasteiger partial charge in [-0.3, -0.25) is 4.79 Å². The third-order valence-electron chi connectivity index (χ3n) is 0.699. The van der Waals surface area contributed by atoms with Gasteiger partial charge in [0.2, 0.25) is 0 Å². The maximum atomic E-state index is 10.4. The average molecular weight is 142 g/mol. The zero-order chi connectivity index (χ0) is 7.98. The van der Waals surface area contributed by atoms with Crippen molar-refractivity contribution >= 4 is 11.9 Å². The Morgan fingerprint density at radius 1 is 1.70 bits per heavy atom. The minimum Gasteiger partial charge on any atom is -0.462 e. The van der Waals surface area contributed by atoms with Gasteiger partial charge in [-0.25, -0.2) is 4.79 Å². The number of carbonyl (C=O) groups excluding carboxylic acids is 2. The standard InChI is InChI=1S/C5H6N2O3/c1-10-5(9)4(8)7-3-2-6/h3H2,1H3,(H,7,8). The van der Waals surface area contributed by atoms with Crippen molar-refractivity contribution in [1.29, 1.82) is 5.26 Å². The summed E-state index contributed by atoms with van der Waals surface area (Å²) in [6.07, 6.45) is 0. The molecule has 0 radical (unpaired) electrons. The number of esters is 1. The molecular formula is C5H6N2O3. The van der Waals surface area contributed by atoms with Crippen molar-refractivity contribution in [1.82, 2.24) is 5.32 Å². The molecule has 0 atom stereocenters. The minimum absolute atomic E-state index is 0.187. The van der Waals surface area contributed by atoms with Crippen LogP contribution in [0.4, 0.5) is 0 Å². The summed E-state index contributed by atoms with van der Waals surface area (Å²) in [6.45, 7) is -0.187. The highest BCUT2D eigenvalue weighted by molar-refractivity contribution is 6.32. The largest absolute Gasteiger partial charge is 0.462 e. The van der Waals surface area contributed by atoms with Gasteiger partial charge in [0.05, 0.1) is 13.2 Å². The Kier molecular flexibility index (Phi) is 3.64. The summed E-state index contributed by atoms with van der Waals surface area (Å²) in [4.78, 5) is 20.7. The summed E-state index contributed by atoms with van der Waals surface area (Å²) < 4.78 is 4.05. The Morgan fingerprint density at radius 3 is 2.70 bits per heavy atom. The van der Waals surface area contributed by atoms with E-state index in [1.165, 1.54) is 0 Å². The predicted octanol–water partition coefficient (Wildman–Crippen LogP) is -1.20. The molecule has 5 heteroatoms. The van der Waals surface area contributed by atoms with Crippen LogP contribution in [-0.4, -0.2) is 25.5 Å². The lowest BCUT2D eigenvalue weighted by atomic mass is 10.6. The van der Waals surface area contributed by atoms with E-state index < -0.39 is 11.9 Å². The molecule has 0 aromatic carbocycles. The van der Waals surface area contributed by atoms with Gasteiger partial charge in [-0.05, 0) is 0 Å². The Hall–Kier alpha value is -1.57. The van der Waals surface area contributed by atoms with Crippen LogP contribution in [-0.2, 0) is 14.3 Å². The molecular weight excluding hydrogens is 136 g/mol. The summed E-state index contributed by atoms with van der Waals surface area (Å²) in [7, 11) is 1.09. The van der Waals surface area contributed by atoms with Gasteiger partial charge < -0.3 is 10.1 Å². The molecule has 1 amide bonds. The van der Waals surface area contributed by atoms with Crippen molar-refractivity contribution in [3.63, 3.8) is 0 Å². The molecule has 5 nitrogen and oxygen atoms in total. The van der Waals surface area contributed by atoms with E-state index in [9.17, 15) is 9.59 Å². The van der Waals surface area contributed by atoms with Crippen molar-refractivity contribution in [2.45, 2.75) is 0 Å². The Bertz CT molecular complexity index is 182. The molecule has 0 fully saturated rings. The summed E-state index contributed by atoms with van der Waals surface area (Å²) >= 11 is 0. The quantitative estimate of drug-likeness (QED) is 0.283. The number of nitrogens with one attached hydrogen (secondary N) is 1. The third kappa shape index (κ3) is 2.67. The second kappa shape index (κ2) is 4.32. The first-order valence-electron chi connectivity index (χ1n) is 2.45. The van der Waals surface area contributed by atoms with Gasteiger partial charge in [0.15, 0.2) is 0 Å². The first kappa shape index (κ1) is 8.43. The van der Waals surface area contributed by atoms with Gasteiger partial charge in [0.1, 0.15) is 6.54 Å². The van der Waals surface area contributed by atoms with Crippen LogP contribution in [0.2, 0.25) is 0 Å². The number of rotatable bonds is 1. The number of hydrogen-bond donors (Lipinski definition) is 1. The zero-order valence-electron chi connectivity index (χ0n) is 5.38. The van der Waals surface area contributed by atoms with Crippen LogP contribution in [0, 0.1) is 11.3 Å². The lowest BCUT2D eigenvalue weighted by molar-refractivity contribution is -0.152. The number of amides is 1. The van der Waals surface area contributed by atoms with Crippen molar-refractivity contribution in [3.8, 4) is 6.07 Å². The Balaban J connectivity index is 3.65. The Labute approximate surface area is 57.6 Å². The molecule has 0 bridgehead atoms. The molecule has 0 aliphatic carbocycles. The fourth-order valence-electron chi connectivity index (χ4n) is 0.285. The molecule has 10 heavy (non-hydrogen) atoms. The maximum Gasteiger partial charge on any atom is 0.396 e. The lowest BCUT2D eigenvalue weighted by Crippen LogP contribution is -2.31. The highest BCUT2D eigenvalue weighted by atomic mass is 16.5. The number of carbonyl (C=O) groups is 2. The van der Waals surface area contributed by atoms with Crippen LogP contribution < -0.4 is 5.32 Å². The molecule has 0 aliphatic rings. The molecule has 0 rings (SSSR count). The normalized spacial score (nSPS) is 7.60.